The monoisotopic (exact) mass is 1130 g/mol. The summed E-state index contributed by atoms with van der Waals surface area (Å²) in [6.45, 7) is 3.65. The number of halogens is 34. The standard InChI is InChI=1S/C15H17F17O2Si.C13H13F17O2Si/c1-4-33-35(3,34-5-2)7-6-8(16,17)9(18,19)10(20,21)11(22,23)12(24,25)13(26,27)14(28,29)15(30,31)32;1-31-33(3,32-2)5-4-6(14,15)7(16,17)8(18,19)9(20,21)10(22,23)11(24,25)12(26,27)13(28,29)30/h4-7H2,1-3H3;4-5H2,1-3H3. The predicted molar refractivity (Wildman–Crippen MR) is 161 cm³/mol. The molecule has 0 bridgehead atoms. The van der Waals surface area contributed by atoms with E-state index >= 15 is 0 Å². The molecule has 0 aliphatic carbocycles. The lowest BCUT2D eigenvalue weighted by molar-refractivity contribution is -0.461. The van der Waals surface area contributed by atoms with Crippen molar-refractivity contribution in [2.24, 2.45) is 0 Å². The van der Waals surface area contributed by atoms with Gasteiger partial charge in [-0.25, -0.2) is 0 Å². The minimum atomic E-state index is -8.62. The Hall–Kier alpha value is -2.11. The number of alkyl halides is 34. The van der Waals surface area contributed by atoms with Crippen LogP contribution in [0, 0.1) is 0 Å². The lowest BCUT2D eigenvalue weighted by atomic mass is 9.88. The van der Waals surface area contributed by atoms with Crippen molar-refractivity contribution >= 4 is 17.1 Å². The molecule has 0 amide bonds. The minimum Gasteiger partial charge on any atom is -0.398 e. The molecule has 0 N–H and O–H groups in total. The Bertz CT molecular complexity index is 1630. The topological polar surface area (TPSA) is 36.9 Å². The van der Waals surface area contributed by atoms with Gasteiger partial charge in [-0.15, -0.1) is 0 Å². The van der Waals surface area contributed by atoms with Gasteiger partial charge in [-0.1, -0.05) is 0 Å². The van der Waals surface area contributed by atoms with Crippen LogP contribution in [0.2, 0.25) is 25.2 Å². The fraction of sp³-hybridized carbons (Fsp3) is 1.00. The third-order valence-electron chi connectivity index (χ3n) is 9.12. The van der Waals surface area contributed by atoms with Gasteiger partial charge in [-0.2, -0.15) is 149 Å². The molecular formula is C28H30F34O4Si2. The summed E-state index contributed by atoms with van der Waals surface area (Å²) in [7, 11) is -6.21. The van der Waals surface area contributed by atoms with Crippen molar-refractivity contribution in [3.8, 4) is 0 Å². The first-order valence-corrected chi connectivity index (χ1v) is 22.0. The second-order valence-electron chi connectivity index (χ2n) is 13.8. The van der Waals surface area contributed by atoms with Gasteiger partial charge in [0.05, 0.1) is 0 Å². The van der Waals surface area contributed by atoms with E-state index in [1.54, 1.807) is 0 Å². The lowest BCUT2D eigenvalue weighted by Crippen LogP contribution is -2.74. The van der Waals surface area contributed by atoms with E-state index in [2.05, 4.69) is 8.85 Å². The molecule has 0 radical (unpaired) electrons. The molecule has 0 atom stereocenters. The summed E-state index contributed by atoms with van der Waals surface area (Å²) in [6, 6.07) is -2.78. The predicted octanol–water partition coefficient (Wildman–Crippen LogP) is 14.3. The second-order valence-corrected chi connectivity index (χ2v) is 20.8. The first-order valence-electron chi connectivity index (χ1n) is 17.0. The maximum atomic E-state index is 13.9. The van der Waals surface area contributed by atoms with E-state index in [-0.39, 0.29) is 13.2 Å². The van der Waals surface area contributed by atoms with Crippen LogP contribution in [-0.2, 0) is 17.7 Å². The maximum absolute atomic E-state index is 13.9. The van der Waals surface area contributed by atoms with Crippen LogP contribution in [0.1, 0.15) is 26.7 Å². The Morgan fingerprint density at radius 1 is 0.279 bits per heavy atom. The Morgan fingerprint density at radius 3 is 0.632 bits per heavy atom. The van der Waals surface area contributed by atoms with Gasteiger partial charge in [-0.3, -0.25) is 0 Å². The molecule has 4 nitrogen and oxygen atoms in total. The van der Waals surface area contributed by atoms with Crippen molar-refractivity contribution in [1.82, 2.24) is 0 Å². The van der Waals surface area contributed by atoms with Crippen LogP contribution in [0.15, 0.2) is 0 Å². The summed E-state index contributed by atoms with van der Waals surface area (Å²) in [5.74, 6) is -112. The quantitative estimate of drug-likeness (QED) is 0.0713. The Balaban J connectivity index is 0. The van der Waals surface area contributed by atoms with Crippen molar-refractivity contribution in [1.29, 1.82) is 0 Å². The van der Waals surface area contributed by atoms with E-state index in [4.69, 9.17) is 8.85 Å². The maximum Gasteiger partial charge on any atom is 0.460 e. The molecular weight excluding hydrogens is 1100 g/mol. The second kappa shape index (κ2) is 19.7. The fourth-order valence-electron chi connectivity index (χ4n) is 4.56. The largest absolute Gasteiger partial charge is 0.460 e. The van der Waals surface area contributed by atoms with Crippen LogP contribution in [0.25, 0.3) is 0 Å². The molecule has 0 aromatic heterocycles. The molecule has 412 valence electrons. The summed E-state index contributed by atoms with van der Waals surface area (Å²) >= 11 is 0. The third-order valence-corrected chi connectivity index (χ3v) is 15.0. The Morgan fingerprint density at radius 2 is 0.456 bits per heavy atom. The van der Waals surface area contributed by atoms with E-state index < -0.39 is 137 Å². The summed E-state index contributed by atoms with van der Waals surface area (Å²) in [5, 5.41) is 0. The van der Waals surface area contributed by atoms with Gasteiger partial charge in [0.25, 0.3) is 0 Å². The molecule has 0 heterocycles. The zero-order chi connectivity index (χ0) is 56.1. The molecule has 68 heavy (non-hydrogen) atoms. The van der Waals surface area contributed by atoms with Crippen LogP contribution in [0.5, 0.6) is 0 Å². The summed E-state index contributed by atoms with van der Waals surface area (Å²) in [6.07, 6.45) is -20.6. The van der Waals surface area contributed by atoms with Crippen LogP contribution in [0.4, 0.5) is 149 Å². The SMILES string of the molecule is CCO[Si](C)(CCC(F)(F)C(F)(F)C(F)(F)C(F)(F)C(F)(F)C(F)(F)C(F)(F)C(F)(F)F)OCC.CO[Si](C)(CCC(F)(F)C(F)(F)C(F)(F)C(F)(F)C(F)(F)C(F)(F)C(F)(F)C(F)(F)F)OC. The van der Waals surface area contributed by atoms with Gasteiger partial charge in [-0.05, 0) is 39.0 Å². The van der Waals surface area contributed by atoms with E-state index in [1.807, 2.05) is 0 Å². The van der Waals surface area contributed by atoms with E-state index in [0.29, 0.717) is 0 Å². The molecule has 40 heteroatoms. The van der Waals surface area contributed by atoms with Crippen molar-refractivity contribution in [2.45, 2.75) is 147 Å². The summed E-state index contributed by atoms with van der Waals surface area (Å²) in [5.41, 5.74) is 0. The van der Waals surface area contributed by atoms with Gasteiger partial charge < -0.3 is 17.7 Å². The molecule has 0 saturated heterocycles. The van der Waals surface area contributed by atoms with E-state index in [1.165, 1.54) is 13.8 Å². The summed E-state index contributed by atoms with van der Waals surface area (Å²) < 4.78 is 467. The average molecular weight is 1130 g/mol. The number of rotatable bonds is 24. The van der Waals surface area contributed by atoms with Crippen molar-refractivity contribution in [3.63, 3.8) is 0 Å². The molecule has 0 unspecified atom stereocenters. The zero-order valence-electron chi connectivity index (χ0n) is 33.7. The zero-order valence-corrected chi connectivity index (χ0v) is 35.7. The molecule has 0 saturated carbocycles. The van der Waals surface area contributed by atoms with Gasteiger partial charge in [0.15, 0.2) is 0 Å². The van der Waals surface area contributed by atoms with E-state index in [0.717, 1.165) is 27.3 Å². The minimum absolute atomic E-state index is 0.312. The van der Waals surface area contributed by atoms with Gasteiger partial charge in [0.1, 0.15) is 0 Å². The Labute approximate surface area is 359 Å². The van der Waals surface area contributed by atoms with Gasteiger partial charge in [0, 0.05) is 40.3 Å². The van der Waals surface area contributed by atoms with Crippen LogP contribution < -0.4 is 0 Å². The van der Waals surface area contributed by atoms with Crippen molar-refractivity contribution in [2.75, 3.05) is 27.4 Å². The van der Waals surface area contributed by atoms with Gasteiger partial charge >= 0.3 is 112 Å². The molecule has 0 aromatic carbocycles. The first-order chi connectivity index (χ1) is 29.2. The van der Waals surface area contributed by atoms with E-state index in [9.17, 15) is 149 Å². The number of hydrogen-bond acceptors (Lipinski definition) is 4. The molecule has 0 fully saturated rings. The molecule has 0 aliphatic heterocycles. The lowest BCUT2D eigenvalue weighted by Gasteiger charge is -2.43. The highest BCUT2D eigenvalue weighted by atomic mass is 28.4. The normalized spacial score (nSPS) is 16.2. The molecule has 0 spiro atoms. The summed E-state index contributed by atoms with van der Waals surface area (Å²) in [4.78, 5) is 0. The van der Waals surface area contributed by atoms with Crippen LogP contribution in [-0.4, -0.2) is 140 Å². The average Bonchev–Trinajstić information content (AvgIpc) is 3.14. The van der Waals surface area contributed by atoms with Crippen LogP contribution in [0.3, 0.4) is 0 Å². The highest BCUT2D eigenvalue weighted by Gasteiger charge is 2.97. The van der Waals surface area contributed by atoms with Gasteiger partial charge in [0.2, 0.25) is 0 Å². The molecule has 0 aromatic rings. The molecule has 0 rings (SSSR count). The fourth-order valence-corrected chi connectivity index (χ4v) is 8.26. The number of hydrogen-bond donors (Lipinski definition) is 0. The third kappa shape index (κ3) is 11.0. The first kappa shape index (κ1) is 68.0. The highest BCUT2D eigenvalue weighted by molar-refractivity contribution is 6.66. The van der Waals surface area contributed by atoms with Crippen molar-refractivity contribution < 1.29 is 167 Å². The van der Waals surface area contributed by atoms with Crippen LogP contribution >= 0.6 is 0 Å². The van der Waals surface area contributed by atoms with Crippen molar-refractivity contribution in [3.05, 3.63) is 0 Å². The smallest absolute Gasteiger partial charge is 0.398 e. The highest BCUT2D eigenvalue weighted by Crippen LogP contribution is 2.66. The molecule has 0 aliphatic rings. The Kier molecular flexibility index (Phi) is 19.7.